The average molecular weight is 229 g/mol. The third kappa shape index (κ3) is 4.30. The van der Waals surface area contributed by atoms with Crippen molar-refractivity contribution < 1.29 is 9.84 Å². The number of rotatable bonds is 6. The number of hydrogen-bond donors (Lipinski definition) is 2. The molecule has 3 nitrogen and oxygen atoms in total. The van der Waals surface area contributed by atoms with Crippen molar-refractivity contribution in [2.75, 3.05) is 20.3 Å². The molecular formula is C11H19NO2S. The number of nitrogens with one attached hydrogen (secondary N) is 1. The molecule has 86 valence electrons. The van der Waals surface area contributed by atoms with Gasteiger partial charge in [-0.2, -0.15) is 0 Å². The number of aliphatic hydroxyl groups is 1. The van der Waals surface area contributed by atoms with Crippen molar-refractivity contribution >= 4 is 11.3 Å². The summed E-state index contributed by atoms with van der Waals surface area (Å²) in [5.74, 6) is 0. The number of aliphatic hydroxyl groups excluding tert-OH is 1. The maximum absolute atomic E-state index is 9.42. The number of ether oxygens (including phenoxy) is 1. The molecule has 0 aliphatic carbocycles. The summed E-state index contributed by atoms with van der Waals surface area (Å²) in [5, 5.41) is 12.6. The first kappa shape index (κ1) is 12.6. The molecule has 1 rings (SSSR count). The van der Waals surface area contributed by atoms with Gasteiger partial charge in [0.05, 0.1) is 12.7 Å². The van der Waals surface area contributed by atoms with Crippen molar-refractivity contribution in [2.45, 2.75) is 26.5 Å². The Labute approximate surface area is 95.1 Å². The minimum Gasteiger partial charge on any atom is -0.389 e. The molecule has 1 atom stereocenters. The molecule has 1 heterocycles. The van der Waals surface area contributed by atoms with Crippen LogP contribution < -0.4 is 5.32 Å². The molecule has 0 aliphatic heterocycles. The summed E-state index contributed by atoms with van der Waals surface area (Å²) in [7, 11) is 1.59. The highest BCUT2D eigenvalue weighted by atomic mass is 32.1. The Morgan fingerprint density at radius 1 is 1.53 bits per heavy atom. The second-order valence-corrected chi connectivity index (χ2v) is 5.14. The van der Waals surface area contributed by atoms with Crippen LogP contribution in [0, 0.1) is 13.8 Å². The largest absolute Gasteiger partial charge is 0.389 e. The Kier molecular flexibility index (Phi) is 5.25. The summed E-state index contributed by atoms with van der Waals surface area (Å²) in [4.78, 5) is 2.68. The van der Waals surface area contributed by atoms with Gasteiger partial charge >= 0.3 is 0 Å². The zero-order valence-corrected chi connectivity index (χ0v) is 10.4. The van der Waals surface area contributed by atoms with Crippen LogP contribution in [0.25, 0.3) is 0 Å². The van der Waals surface area contributed by atoms with Crippen molar-refractivity contribution in [3.8, 4) is 0 Å². The van der Waals surface area contributed by atoms with E-state index < -0.39 is 6.10 Å². The molecule has 0 saturated carbocycles. The Balaban J connectivity index is 2.28. The molecule has 0 spiro atoms. The Morgan fingerprint density at radius 2 is 2.27 bits per heavy atom. The van der Waals surface area contributed by atoms with Crippen LogP contribution in [0.3, 0.4) is 0 Å². The molecule has 0 radical (unpaired) electrons. The highest BCUT2D eigenvalue weighted by Gasteiger charge is 2.05. The first-order valence-electron chi connectivity index (χ1n) is 5.07. The van der Waals surface area contributed by atoms with Gasteiger partial charge in [0, 0.05) is 30.0 Å². The molecule has 0 aliphatic rings. The third-order valence-corrected chi connectivity index (χ3v) is 3.21. The van der Waals surface area contributed by atoms with E-state index in [-0.39, 0.29) is 0 Å². The summed E-state index contributed by atoms with van der Waals surface area (Å²) in [6, 6.07) is 2.19. The molecule has 0 amide bonds. The van der Waals surface area contributed by atoms with Gasteiger partial charge in [-0.15, -0.1) is 11.3 Å². The van der Waals surface area contributed by atoms with Crippen LogP contribution in [0.1, 0.15) is 15.3 Å². The highest BCUT2D eigenvalue weighted by molar-refractivity contribution is 7.12. The van der Waals surface area contributed by atoms with Crippen LogP contribution in [0.2, 0.25) is 0 Å². The number of aryl methyl sites for hydroxylation is 2. The summed E-state index contributed by atoms with van der Waals surface area (Å²) in [6.07, 6.45) is -0.421. The fourth-order valence-electron chi connectivity index (χ4n) is 1.48. The molecule has 0 bridgehead atoms. The molecule has 4 heteroatoms. The van der Waals surface area contributed by atoms with Gasteiger partial charge in [-0.1, -0.05) is 0 Å². The number of hydrogen-bond acceptors (Lipinski definition) is 4. The zero-order valence-electron chi connectivity index (χ0n) is 9.54. The molecule has 0 fully saturated rings. The van der Waals surface area contributed by atoms with Crippen molar-refractivity contribution in [3.63, 3.8) is 0 Å². The minimum atomic E-state index is -0.421. The normalized spacial score (nSPS) is 13.1. The second-order valence-electron chi connectivity index (χ2n) is 3.68. The van der Waals surface area contributed by atoms with E-state index in [0.29, 0.717) is 13.2 Å². The van der Waals surface area contributed by atoms with E-state index in [1.54, 1.807) is 7.11 Å². The molecule has 0 saturated heterocycles. The van der Waals surface area contributed by atoms with Crippen LogP contribution in [0.15, 0.2) is 6.07 Å². The molecule has 2 N–H and O–H groups in total. The second kappa shape index (κ2) is 6.23. The maximum Gasteiger partial charge on any atom is 0.0897 e. The van der Waals surface area contributed by atoms with Crippen LogP contribution in [-0.2, 0) is 11.3 Å². The summed E-state index contributed by atoms with van der Waals surface area (Å²) in [6.45, 7) is 6.01. The van der Waals surface area contributed by atoms with E-state index in [1.165, 1.54) is 15.3 Å². The van der Waals surface area contributed by atoms with E-state index in [9.17, 15) is 5.11 Å². The van der Waals surface area contributed by atoms with E-state index in [2.05, 4.69) is 25.2 Å². The lowest BCUT2D eigenvalue weighted by Gasteiger charge is -2.10. The Hall–Kier alpha value is -0.420. The summed E-state index contributed by atoms with van der Waals surface area (Å²) in [5.41, 5.74) is 1.32. The Morgan fingerprint density at radius 3 is 2.80 bits per heavy atom. The van der Waals surface area contributed by atoms with E-state index in [4.69, 9.17) is 4.74 Å². The first-order valence-corrected chi connectivity index (χ1v) is 5.88. The Bertz CT molecular complexity index is 299. The number of methoxy groups -OCH3 is 1. The molecule has 1 unspecified atom stereocenters. The van der Waals surface area contributed by atoms with Crippen molar-refractivity contribution in [3.05, 3.63) is 21.4 Å². The first-order chi connectivity index (χ1) is 7.13. The molecule has 15 heavy (non-hydrogen) atoms. The molecular weight excluding hydrogens is 210 g/mol. The fourth-order valence-corrected chi connectivity index (χ4v) is 2.43. The lowest BCUT2D eigenvalue weighted by molar-refractivity contribution is 0.0644. The van der Waals surface area contributed by atoms with E-state index in [0.717, 1.165) is 6.54 Å². The average Bonchev–Trinajstić information content (AvgIpc) is 2.46. The summed E-state index contributed by atoms with van der Waals surface area (Å²) < 4.78 is 4.85. The van der Waals surface area contributed by atoms with Gasteiger partial charge in [0.1, 0.15) is 0 Å². The monoisotopic (exact) mass is 229 g/mol. The van der Waals surface area contributed by atoms with Gasteiger partial charge < -0.3 is 15.2 Å². The number of thiophene rings is 1. The van der Waals surface area contributed by atoms with Crippen LogP contribution in [0.4, 0.5) is 0 Å². The molecule has 0 aromatic carbocycles. The predicted molar refractivity (Wildman–Crippen MR) is 63.4 cm³/mol. The van der Waals surface area contributed by atoms with Gasteiger partial charge in [0.15, 0.2) is 0 Å². The van der Waals surface area contributed by atoms with Gasteiger partial charge in [0.25, 0.3) is 0 Å². The fraction of sp³-hybridized carbons (Fsp3) is 0.636. The lowest BCUT2D eigenvalue weighted by Crippen LogP contribution is -2.29. The molecule has 1 aromatic rings. The quantitative estimate of drug-likeness (QED) is 0.776. The SMILES string of the molecule is COCC(O)CNCc1cc(C)sc1C. The lowest BCUT2D eigenvalue weighted by atomic mass is 10.2. The standard InChI is InChI=1S/C11H19NO2S/c1-8-4-10(9(2)15-8)5-12-6-11(13)7-14-3/h4,11-13H,5-7H2,1-3H3. The van der Waals surface area contributed by atoms with Gasteiger partial charge in [-0.05, 0) is 25.5 Å². The smallest absolute Gasteiger partial charge is 0.0897 e. The highest BCUT2D eigenvalue weighted by Crippen LogP contribution is 2.20. The van der Waals surface area contributed by atoms with E-state index >= 15 is 0 Å². The zero-order chi connectivity index (χ0) is 11.3. The van der Waals surface area contributed by atoms with Crippen LogP contribution in [-0.4, -0.2) is 31.5 Å². The molecule has 1 aromatic heterocycles. The van der Waals surface area contributed by atoms with Gasteiger partial charge in [0.2, 0.25) is 0 Å². The van der Waals surface area contributed by atoms with Gasteiger partial charge in [-0.25, -0.2) is 0 Å². The minimum absolute atomic E-state index is 0.384. The van der Waals surface area contributed by atoms with E-state index in [1.807, 2.05) is 11.3 Å². The third-order valence-electron chi connectivity index (χ3n) is 2.20. The maximum atomic E-state index is 9.42. The van der Waals surface area contributed by atoms with Crippen molar-refractivity contribution in [1.29, 1.82) is 0 Å². The van der Waals surface area contributed by atoms with Crippen LogP contribution >= 0.6 is 11.3 Å². The van der Waals surface area contributed by atoms with Crippen molar-refractivity contribution in [2.24, 2.45) is 0 Å². The van der Waals surface area contributed by atoms with Crippen molar-refractivity contribution in [1.82, 2.24) is 5.32 Å². The summed E-state index contributed by atoms with van der Waals surface area (Å²) >= 11 is 1.81. The van der Waals surface area contributed by atoms with Crippen LogP contribution in [0.5, 0.6) is 0 Å². The van der Waals surface area contributed by atoms with Gasteiger partial charge in [-0.3, -0.25) is 0 Å². The topological polar surface area (TPSA) is 41.5 Å². The predicted octanol–water partition coefficient (Wildman–Crippen LogP) is 1.46.